The summed E-state index contributed by atoms with van der Waals surface area (Å²) in [6, 6.07) is 10.4. The summed E-state index contributed by atoms with van der Waals surface area (Å²) < 4.78 is 13.1. The first-order valence-corrected chi connectivity index (χ1v) is 10.2. The third kappa shape index (κ3) is 4.36. The molecule has 2 aromatic heterocycles. The zero-order chi connectivity index (χ0) is 19.3. The highest BCUT2D eigenvalue weighted by atomic mass is 32.1. The molecule has 28 heavy (non-hydrogen) atoms. The van der Waals surface area contributed by atoms with Crippen molar-refractivity contribution in [3.63, 3.8) is 0 Å². The molecule has 1 aromatic carbocycles. The predicted molar refractivity (Wildman–Crippen MR) is 109 cm³/mol. The van der Waals surface area contributed by atoms with Crippen LogP contribution in [0.2, 0.25) is 0 Å². The average Bonchev–Trinajstić information content (AvgIpc) is 3.22. The van der Waals surface area contributed by atoms with E-state index in [1.54, 1.807) is 35.9 Å². The maximum Gasteiger partial charge on any atom is 0.223 e. The molecular weight excluding hydrogens is 375 g/mol. The van der Waals surface area contributed by atoms with Gasteiger partial charge in [-0.3, -0.25) is 9.78 Å². The van der Waals surface area contributed by atoms with E-state index < -0.39 is 0 Å². The molecule has 0 atom stereocenters. The number of hydrogen-bond acceptors (Lipinski definition) is 5. The number of anilines is 1. The van der Waals surface area contributed by atoms with E-state index in [0.717, 1.165) is 35.0 Å². The zero-order valence-corrected chi connectivity index (χ0v) is 16.2. The summed E-state index contributed by atoms with van der Waals surface area (Å²) in [5.41, 5.74) is 3.00. The van der Waals surface area contributed by atoms with Gasteiger partial charge >= 0.3 is 0 Å². The first-order valence-electron chi connectivity index (χ1n) is 9.32. The zero-order valence-electron chi connectivity index (χ0n) is 15.4. The van der Waals surface area contributed by atoms with E-state index in [0.29, 0.717) is 25.9 Å². The molecule has 0 radical (unpaired) electrons. The molecule has 0 aliphatic carbocycles. The molecular formula is C21H21FN4OS. The topological polar surface area (TPSA) is 49.3 Å². The minimum atomic E-state index is -0.230. The van der Waals surface area contributed by atoms with Crippen molar-refractivity contribution in [2.24, 2.45) is 0 Å². The maximum absolute atomic E-state index is 13.1. The Morgan fingerprint density at radius 3 is 2.46 bits per heavy atom. The molecule has 0 unspecified atom stereocenters. The fourth-order valence-corrected chi connectivity index (χ4v) is 4.17. The van der Waals surface area contributed by atoms with Crippen LogP contribution in [0.5, 0.6) is 0 Å². The standard InChI is InChI=1S/C21H21FN4OS/c22-17-1-4-19(5-2-17)25-11-13-26(14-12-25)20(27)6-3-18-15-28-21(24-18)16-7-9-23-10-8-16/h1-2,4-5,7-10,15H,3,6,11-14H2. The van der Waals surface area contributed by atoms with Crippen LogP contribution in [-0.2, 0) is 11.2 Å². The summed E-state index contributed by atoms with van der Waals surface area (Å²) in [6.45, 7) is 2.91. The van der Waals surface area contributed by atoms with Crippen LogP contribution in [0.25, 0.3) is 10.6 Å². The lowest BCUT2D eigenvalue weighted by Gasteiger charge is -2.36. The molecule has 4 rings (SSSR count). The van der Waals surface area contributed by atoms with Gasteiger partial charge in [-0.2, -0.15) is 0 Å². The van der Waals surface area contributed by atoms with Gasteiger partial charge in [-0.1, -0.05) is 0 Å². The number of hydrogen-bond donors (Lipinski definition) is 0. The highest BCUT2D eigenvalue weighted by Crippen LogP contribution is 2.23. The van der Waals surface area contributed by atoms with E-state index in [1.807, 2.05) is 22.4 Å². The largest absolute Gasteiger partial charge is 0.368 e. The van der Waals surface area contributed by atoms with E-state index in [2.05, 4.69) is 14.9 Å². The number of rotatable bonds is 5. The number of carbonyl (C=O) groups is 1. The molecule has 7 heteroatoms. The molecule has 3 aromatic rings. The summed E-state index contributed by atoms with van der Waals surface area (Å²) in [4.78, 5) is 25.3. The van der Waals surface area contributed by atoms with E-state index in [1.165, 1.54) is 12.1 Å². The SMILES string of the molecule is O=C(CCc1csc(-c2ccncc2)n1)N1CCN(c2ccc(F)cc2)CC1. The van der Waals surface area contributed by atoms with Crippen molar-refractivity contribution in [1.29, 1.82) is 0 Å². The van der Waals surface area contributed by atoms with Gasteiger partial charge in [0.2, 0.25) is 5.91 Å². The minimum absolute atomic E-state index is 0.164. The van der Waals surface area contributed by atoms with Gasteiger partial charge in [0.1, 0.15) is 10.8 Å². The van der Waals surface area contributed by atoms with E-state index in [4.69, 9.17) is 0 Å². The summed E-state index contributed by atoms with van der Waals surface area (Å²) in [7, 11) is 0. The molecule has 5 nitrogen and oxygen atoms in total. The van der Waals surface area contributed by atoms with Gasteiger partial charge in [-0.05, 0) is 42.8 Å². The smallest absolute Gasteiger partial charge is 0.223 e. The van der Waals surface area contributed by atoms with Crippen molar-refractivity contribution < 1.29 is 9.18 Å². The molecule has 1 aliphatic heterocycles. The second-order valence-corrected chi connectivity index (χ2v) is 7.58. The fourth-order valence-electron chi connectivity index (χ4n) is 3.31. The third-order valence-electron chi connectivity index (χ3n) is 4.90. The highest BCUT2D eigenvalue weighted by molar-refractivity contribution is 7.13. The number of carbonyl (C=O) groups excluding carboxylic acids is 1. The molecule has 0 spiro atoms. The Hall–Kier alpha value is -2.80. The lowest BCUT2D eigenvalue weighted by molar-refractivity contribution is -0.131. The Labute approximate surface area is 167 Å². The summed E-state index contributed by atoms with van der Waals surface area (Å²) in [5.74, 6) is -0.0658. The van der Waals surface area contributed by atoms with E-state index in [-0.39, 0.29) is 11.7 Å². The highest BCUT2D eigenvalue weighted by Gasteiger charge is 2.21. The van der Waals surface area contributed by atoms with Crippen LogP contribution in [0, 0.1) is 5.82 Å². The third-order valence-corrected chi connectivity index (χ3v) is 5.84. The van der Waals surface area contributed by atoms with Gasteiger partial charge in [-0.15, -0.1) is 11.3 Å². The summed E-state index contributed by atoms with van der Waals surface area (Å²) in [5, 5.41) is 2.98. The number of aromatic nitrogens is 2. The fraction of sp³-hybridized carbons (Fsp3) is 0.286. The van der Waals surface area contributed by atoms with Crippen molar-refractivity contribution >= 4 is 22.9 Å². The molecule has 1 saturated heterocycles. The normalized spacial score (nSPS) is 14.3. The average molecular weight is 396 g/mol. The first-order chi connectivity index (χ1) is 13.7. The molecule has 3 heterocycles. The Bertz CT molecular complexity index is 921. The quantitative estimate of drug-likeness (QED) is 0.661. The van der Waals surface area contributed by atoms with Crippen molar-refractivity contribution in [1.82, 2.24) is 14.9 Å². The van der Waals surface area contributed by atoms with Crippen LogP contribution in [0.1, 0.15) is 12.1 Å². The maximum atomic E-state index is 13.1. The Kier molecular flexibility index (Phi) is 5.62. The van der Waals surface area contributed by atoms with E-state index in [9.17, 15) is 9.18 Å². The number of aryl methyl sites for hydroxylation is 1. The number of pyridine rings is 1. The number of amides is 1. The van der Waals surface area contributed by atoms with Gasteiger partial charge in [0.05, 0.1) is 5.69 Å². The van der Waals surface area contributed by atoms with Crippen LogP contribution in [0.15, 0.2) is 54.2 Å². The number of thiazole rings is 1. The van der Waals surface area contributed by atoms with Crippen molar-refractivity contribution in [3.05, 3.63) is 65.7 Å². The van der Waals surface area contributed by atoms with Crippen molar-refractivity contribution in [3.8, 4) is 10.6 Å². The molecule has 1 amide bonds. The van der Waals surface area contributed by atoms with Gasteiger partial charge < -0.3 is 9.80 Å². The minimum Gasteiger partial charge on any atom is -0.368 e. The van der Waals surface area contributed by atoms with Crippen LogP contribution in [-0.4, -0.2) is 47.0 Å². The Morgan fingerprint density at radius 1 is 1.04 bits per heavy atom. The molecule has 0 N–H and O–H groups in total. The first kappa shape index (κ1) is 18.6. The summed E-state index contributed by atoms with van der Waals surface area (Å²) in [6.07, 6.45) is 4.63. The van der Waals surface area contributed by atoms with Gasteiger partial charge in [0, 0.05) is 61.6 Å². The number of piperazine rings is 1. The van der Waals surface area contributed by atoms with Crippen LogP contribution in [0.4, 0.5) is 10.1 Å². The van der Waals surface area contributed by atoms with Gasteiger partial charge in [0.15, 0.2) is 0 Å². The molecule has 1 aliphatic rings. The Morgan fingerprint density at radius 2 is 1.75 bits per heavy atom. The van der Waals surface area contributed by atoms with Crippen LogP contribution in [0.3, 0.4) is 0 Å². The second kappa shape index (κ2) is 8.48. The van der Waals surface area contributed by atoms with Crippen molar-refractivity contribution in [2.75, 3.05) is 31.1 Å². The number of benzene rings is 1. The van der Waals surface area contributed by atoms with E-state index >= 15 is 0 Å². The summed E-state index contributed by atoms with van der Waals surface area (Å²) >= 11 is 1.59. The Balaban J connectivity index is 1.27. The molecule has 0 saturated carbocycles. The lowest BCUT2D eigenvalue weighted by atomic mass is 10.2. The molecule has 1 fully saturated rings. The number of halogens is 1. The molecule has 144 valence electrons. The monoisotopic (exact) mass is 396 g/mol. The number of nitrogens with zero attached hydrogens (tertiary/aromatic N) is 4. The predicted octanol–water partition coefficient (Wildman–Crippen LogP) is 3.63. The lowest BCUT2D eigenvalue weighted by Crippen LogP contribution is -2.48. The van der Waals surface area contributed by atoms with Crippen LogP contribution >= 0.6 is 11.3 Å². The van der Waals surface area contributed by atoms with Gasteiger partial charge in [0.25, 0.3) is 0 Å². The second-order valence-electron chi connectivity index (χ2n) is 6.72. The van der Waals surface area contributed by atoms with Crippen LogP contribution < -0.4 is 4.90 Å². The molecule has 0 bridgehead atoms. The van der Waals surface area contributed by atoms with Crippen molar-refractivity contribution in [2.45, 2.75) is 12.8 Å². The van der Waals surface area contributed by atoms with Gasteiger partial charge in [-0.25, -0.2) is 9.37 Å².